The van der Waals surface area contributed by atoms with Crippen molar-refractivity contribution in [2.24, 2.45) is 7.05 Å². The molecule has 0 aliphatic carbocycles. The normalized spacial score (nSPS) is 10.7. The van der Waals surface area contributed by atoms with E-state index >= 15 is 0 Å². The quantitative estimate of drug-likeness (QED) is 0.394. The second-order valence-electron chi connectivity index (χ2n) is 6.71. The van der Waals surface area contributed by atoms with Gasteiger partial charge in [-0.3, -0.25) is 0 Å². The lowest BCUT2D eigenvalue weighted by molar-refractivity contribution is 0.298. The van der Waals surface area contributed by atoms with Gasteiger partial charge in [-0.2, -0.15) is 0 Å². The maximum atomic E-state index is 6.12. The molecule has 4 rings (SSSR count). The van der Waals surface area contributed by atoms with E-state index in [0.717, 1.165) is 27.9 Å². The van der Waals surface area contributed by atoms with Gasteiger partial charge in [0, 0.05) is 30.4 Å². The molecule has 0 aliphatic heterocycles. The smallest absolute Gasteiger partial charge is 0.223 e. The molecule has 0 saturated heterocycles. The molecule has 2 aromatic carbocycles. The van der Waals surface area contributed by atoms with Crippen LogP contribution in [0.2, 0.25) is 5.02 Å². The average Bonchev–Trinajstić information content (AvgIpc) is 2.94. The van der Waals surface area contributed by atoms with Gasteiger partial charge in [0.1, 0.15) is 6.61 Å². The summed E-state index contributed by atoms with van der Waals surface area (Å²) in [6.07, 6.45) is 2.66. The molecular weight excluding hydrogens is 391 g/mol. The largest absolute Gasteiger partial charge is 0.472 e. The molecule has 0 bridgehead atoms. The molecule has 0 saturated carbocycles. The van der Waals surface area contributed by atoms with Gasteiger partial charge in [-0.25, -0.2) is 4.98 Å². The van der Waals surface area contributed by atoms with Crippen molar-refractivity contribution < 1.29 is 4.74 Å². The van der Waals surface area contributed by atoms with E-state index in [-0.39, 0.29) is 12.4 Å². The molecule has 0 spiro atoms. The molecule has 0 fully saturated rings. The van der Waals surface area contributed by atoms with Gasteiger partial charge in [0.2, 0.25) is 5.88 Å². The molecule has 144 valence electrons. The second-order valence-corrected chi connectivity index (χ2v) is 7.15. The Morgan fingerprint density at radius 3 is 2.39 bits per heavy atom. The van der Waals surface area contributed by atoms with Gasteiger partial charge in [0.15, 0.2) is 0 Å². The second kappa shape index (κ2) is 8.68. The van der Waals surface area contributed by atoms with Crippen LogP contribution in [0.4, 0.5) is 0 Å². The summed E-state index contributed by atoms with van der Waals surface area (Å²) in [5.74, 6) is 0.678. The maximum Gasteiger partial charge on any atom is 0.223 e. The molecule has 0 N–H and O–H groups in total. The Bertz CT molecular complexity index is 1070. The molecule has 3 nitrogen and oxygen atoms in total. The van der Waals surface area contributed by atoms with Gasteiger partial charge in [-0.15, -0.1) is 12.4 Å². The zero-order chi connectivity index (χ0) is 18.8. The zero-order valence-electron chi connectivity index (χ0n) is 15.9. The van der Waals surface area contributed by atoms with Crippen molar-refractivity contribution in [1.29, 1.82) is 0 Å². The third kappa shape index (κ3) is 4.01. The monoisotopic (exact) mass is 412 g/mol. The van der Waals surface area contributed by atoms with Gasteiger partial charge in [0.05, 0.1) is 10.9 Å². The van der Waals surface area contributed by atoms with Crippen LogP contribution in [0.3, 0.4) is 0 Å². The molecule has 2 heterocycles. The Balaban J connectivity index is 0.00000225. The van der Waals surface area contributed by atoms with Crippen molar-refractivity contribution in [3.05, 3.63) is 94.3 Å². The predicted molar refractivity (Wildman–Crippen MR) is 118 cm³/mol. The average molecular weight is 413 g/mol. The Morgan fingerprint density at radius 2 is 1.68 bits per heavy atom. The van der Waals surface area contributed by atoms with Gasteiger partial charge >= 0.3 is 0 Å². The van der Waals surface area contributed by atoms with Crippen LogP contribution in [0.5, 0.6) is 5.88 Å². The molecule has 0 radical (unpaired) electrons. The van der Waals surface area contributed by atoms with E-state index in [2.05, 4.69) is 47.8 Å². The summed E-state index contributed by atoms with van der Waals surface area (Å²) < 4.78 is 8.34. The topological polar surface area (TPSA) is 27.1 Å². The van der Waals surface area contributed by atoms with Crippen LogP contribution in [0.1, 0.15) is 22.4 Å². The maximum absolute atomic E-state index is 6.12. The highest BCUT2D eigenvalue weighted by Crippen LogP contribution is 2.33. The summed E-state index contributed by atoms with van der Waals surface area (Å²) in [5, 5.41) is 1.82. The number of rotatable bonds is 5. The number of pyridine rings is 1. The van der Waals surface area contributed by atoms with E-state index < -0.39 is 0 Å². The Labute approximate surface area is 176 Å². The fourth-order valence-corrected chi connectivity index (χ4v) is 3.54. The first-order valence-corrected chi connectivity index (χ1v) is 9.35. The Morgan fingerprint density at radius 1 is 0.964 bits per heavy atom. The number of fused-ring (bicyclic) bond motifs is 1. The molecule has 4 aromatic rings. The molecule has 28 heavy (non-hydrogen) atoms. The first-order chi connectivity index (χ1) is 13.1. The van der Waals surface area contributed by atoms with Crippen molar-refractivity contribution >= 4 is 34.9 Å². The summed E-state index contributed by atoms with van der Waals surface area (Å²) in [6.45, 7) is 2.61. The minimum Gasteiger partial charge on any atom is -0.472 e. The van der Waals surface area contributed by atoms with Gasteiger partial charge in [-0.05, 0) is 41.8 Å². The molecule has 0 aliphatic rings. The minimum absolute atomic E-state index is 0. The highest BCUT2D eigenvalue weighted by Gasteiger charge is 2.17. The minimum atomic E-state index is 0. The third-order valence-electron chi connectivity index (χ3n) is 5.01. The Kier molecular flexibility index (Phi) is 6.28. The van der Waals surface area contributed by atoms with Crippen molar-refractivity contribution in [2.75, 3.05) is 0 Å². The number of hydrogen-bond acceptors (Lipinski definition) is 2. The van der Waals surface area contributed by atoms with Crippen LogP contribution < -0.4 is 4.74 Å². The highest BCUT2D eigenvalue weighted by atomic mass is 35.5. The number of halogens is 2. The van der Waals surface area contributed by atoms with Crippen molar-refractivity contribution in [3.8, 4) is 5.88 Å². The molecule has 0 amide bonds. The van der Waals surface area contributed by atoms with Crippen molar-refractivity contribution in [1.82, 2.24) is 9.55 Å². The number of nitrogens with zero attached hydrogens (tertiary/aromatic N) is 2. The predicted octanol–water partition coefficient (Wildman–Crippen LogP) is 6.13. The summed E-state index contributed by atoms with van der Waals surface area (Å²) in [4.78, 5) is 4.53. The molecule has 5 heteroatoms. The van der Waals surface area contributed by atoms with Crippen molar-refractivity contribution in [2.45, 2.75) is 20.0 Å². The van der Waals surface area contributed by atoms with Crippen LogP contribution in [0, 0.1) is 6.92 Å². The van der Waals surface area contributed by atoms with Crippen LogP contribution in [0.25, 0.3) is 10.9 Å². The molecule has 2 aromatic heterocycles. The van der Waals surface area contributed by atoms with Gasteiger partial charge in [0.25, 0.3) is 0 Å². The van der Waals surface area contributed by atoms with E-state index in [1.165, 1.54) is 16.8 Å². The van der Waals surface area contributed by atoms with Crippen molar-refractivity contribution in [3.63, 3.8) is 0 Å². The number of aromatic nitrogens is 2. The van der Waals surface area contributed by atoms with E-state index in [1.807, 2.05) is 42.6 Å². The SMILES string of the molecule is Cc1c(Cc2ccccc2)c2c(OCc3ccc(Cl)cc3)nccc2n1C.Cl. The molecule has 0 unspecified atom stereocenters. The first-order valence-electron chi connectivity index (χ1n) is 8.97. The number of hydrogen-bond donors (Lipinski definition) is 0. The summed E-state index contributed by atoms with van der Waals surface area (Å²) >= 11 is 5.97. The molecule has 0 atom stereocenters. The Hall–Kier alpha value is -2.49. The number of aryl methyl sites for hydroxylation is 1. The van der Waals surface area contributed by atoms with E-state index in [0.29, 0.717) is 12.5 Å². The standard InChI is InChI=1S/C23H21ClN2O.ClH/c1-16-20(14-17-6-4-3-5-7-17)22-21(26(16)2)12-13-25-23(22)27-15-18-8-10-19(24)11-9-18;/h3-13H,14-15H2,1-2H3;1H. The summed E-state index contributed by atoms with van der Waals surface area (Å²) in [5.41, 5.74) is 5.98. The first kappa shape index (κ1) is 20.2. The lowest BCUT2D eigenvalue weighted by Gasteiger charge is -2.09. The van der Waals surface area contributed by atoms with E-state index in [1.54, 1.807) is 0 Å². The third-order valence-corrected chi connectivity index (χ3v) is 5.26. The van der Waals surface area contributed by atoms with Gasteiger partial charge in [-0.1, -0.05) is 54.1 Å². The summed E-state index contributed by atoms with van der Waals surface area (Å²) in [7, 11) is 2.09. The highest BCUT2D eigenvalue weighted by molar-refractivity contribution is 6.30. The van der Waals surface area contributed by atoms with Crippen LogP contribution in [0.15, 0.2) is 66.9 Å². The number of ether oxygens (including phenoxy) is 1. The summed E-state index contributed by atoms with van der Waals surface area (Å²) in [6, 6.07) is 20.3. The number of benzene rings is 2. The lowest BCUT2D eigenvalue weighted by Crippen LogP contribution is -1.99. The van der Waals surface area contributed by atoms with E-state index in [4.69, 9.17) is 16.3 Å². The lowest BCUT2D eigenvalue weighted by atomic mass is 10.0. The zero-order valence-corrected chi connectivity index (χ0v) is 17.4. The van der Waals surface area contributed by atoms with Crippen LogP contribution in [-0.2, 0) is 20.1 Å². The van der Waals surface area contributed by atoms with Crippen LogP contribution >= 0.6 is 24.0 Å². The fourth-order valence-electron chi connectivity index (χ4n) is 3.42. The van der Waals surface area contributed by atoms with E-state index in [9.17, 15) is 0 Å². The van der Waals surface area contributed by atoms with Gasteiger partial charge < -0.3 is 9.30 Å². The molecular formula is C23H22Cl2N2O. The fraction of sp³-hybridized carbons (Fsp3) is 0.174. The van der Waals surface area contributed by atoms with Crippen LogP contribution in [-0.4, -0.2) is 9.55 Å².